The van der Waals surface area contributed by atoms with E-state index in [4.69, 9.17) is 11.6 Å². The maximum absolute atomic E-state index is 12.3. The molecule has 0 atom stereocenters. The highest BCUT2D eigenvalue weighted by atomic mass is 35.5. The van der Waals surface area contributed by atoms with E-state index in [0.29, 0.717) is 16.5 Å². The fraction of sp³-hybridized carbons (Fsp3) is 0.0833. The second-order valence-electron chi connectivity index (χ2n) is 7.38. The number of halogens is 1. The molecule has 0 aliphatic carbocycles. The SMILES string of the molecule is Cc1ccc(-n2cnc(-c3ccc(NC(=O)/N=C(\S)Nc4cc(Cl)ccc4C)cc3)n2)cc1. The first-order valence-electron chi connectivity index (χ1n) is 10.1. The van der Waals surface area contributed by atoms with Gasteiger partial charge >= 0.3 is 6.03 Å². The molecule has 9 heteroatoms. The Bertz CT molecular complexity index is 1320. The Balaban J connectivity index is 1.40. The highest BCUT2D eigenvalue weighted by molar-refractivity contribution is 7.97. The van der Waals surface area contributed by atoms with E-state index in [1.54, 1.807) is 35.3 Å². The molecule has 0 unspecified atom stereocenters. The minimum atomic E-state index is -0.554. The zero-order valence-electron chi connectivity index (χ0n) is 18.0. The average Bonchev–Trinajstić information content (AvgIpc) is 3.27. The molecule has 33 heavy (non-hydrogen) atoms. The van der Waals surface area contributed by atoms with Gasteiger partial charge in [0.1, 0.15) is 6.33 Å². The number of thiol groups is 1. The van der Waals surface area contributed by atoms with Gasteiger partial charge in [0.05, 0.1) is 5.69 Å². The Morgan fingerprint density at radius 1 is 1.00 bits per heavy atom. The molecule has 7 nitrogen and oxygen atoms in total. The largest absolute Gasteiger partial charge is 0.347 e. The molecule has 4 aromatic rings. The number of nitrogens with one attached hydrogen (secondary N) is 2. The van der Waals surface area contributed by atoms with E-state index in [1.807, 2.05) is 56.3 Å². The molecule has 1 heterocycles. The summed E-state index contributed by atoms with van der Waals surface area (Å²) in [6.45, 7) is 3.95. The maximum Gasteiger partial charge on any atom is 0.347 e. The standard InChI is InChI=1S/C24H21ClN6OS/c1-15-3-11-20(12-4-15)31-14-26-22(30-31)17-6-9-19(10-7-17)27-23(32)29-24(33)28-21-13-18(25)8-5-16(21)2/h3-14H,1-2H3,(H3,27,28,29,32,33). The summed E-state index contributed by atoms with van der Waals surface area (Å²) in [5.74, 6) is 0.588. The first-order valence-corrected chi connectivity index (χ1v) is 10.9. The molecular weight excluding hydrogens is 456 g/mol. The molecule has 2 N–H and O–H groups in total. The van der Waals surface area contributed by atoms with Crippen LogP contribution in [0, 0.1) is 13.8 Å². The Morgan fingerprint density at radius 2 is 1.73 bits per heavy atom. The number of aliphatic imine (C=N–C) groups is 1. The summed E-state index contributed by atoms with van der Waals surface area (Å²) >= 11 is 10.3. The first kappa shape index (κ1) is 22.6. The van der Waals surface area contributed by atoms with Crippen LogP contribution in [-0.4, -0.2) is 26.0 Å². The predicted molar refractivity (Wildman–Crippen MR) is 137 cm³/mol. The van der Waals surface area contributed by atoms with Gasteiger partial charge in [-0.3, -0.25) is 0 Å². The smallest absolute Gasteiger partial charge is 0.334 e. The van der Waals surface area contributed by atoms with Crippen molar-refractivity contribution in [1.29, 1.82) is 0 Å². The second kappa shape index (κ2) is 9.89. The molecule has 4 rings (SSSR count). The molecule has 0 saturated carbocycles. The first-order chi connectivity index (χ1) is 15.9. The number of aromatic nitrogens is 3. The molecular formula is C24H21ClN6OS. The number of nitrogens with zero attached hydrogens (tertiary/aromatic N) is 4. The zero-order chi connectivity index (χ0) is 23.4. The van der Waals surface area contributed by atoms with Crippen LogP contribution in [0.5, 0.6) is 0 Å². The lowest BCUT2D eigenvalue weighted by atomic mass is 10.2. The van der Waals surface area contributed by atoms with Crippen molar-refractivity contribution in [3.8, 4) is 17.1 Å². The Hall–Kier alpha value is -3.62. The number of aryl methyl sites for hydroxylation is 2. The van der Waals surface area contributed by atoms with E-state index in [0.717, 1.165) is 22.5 Å². The van der Waals surface area contributed by atoms with Crippen molar-refractivity contribution >= 4 is 46.8 Å². The molecule has 166 valence electrons. The lowest BCUT2D eigenvalue weighted by Crippen LogP contribution is -2.13. The third kappa shape index (κ3) is 5.79. The Labute approximate surface area is 202 Å². The van der Waals surface area contributed by atoms with E-state index in [-0.39, 0.29) is 5.17 Å². The molecule has 0 fully saturated rings. The quantitative estimate of drug-likeness (QED) is 0.188. The summed E-state index contributed by atoms with van der Waals surface area (Å²) in [6.07, 6.45) is 1.67. The van der Waals surface area contributed by atoms with Crippen molar-refractivity contribution in [1.82, 2.24) is 14.8 Å². The van der Waals surface area contributed by atoms with Gasteiger partial charge in [-0.2, -0.15) is 4.99 Å². The minimum Gasteiger partial charge on any atom is -0.334 e. The number of anilines is 2. The van der Waals surface area contributed by atoms with Crippen LogP contribution in [0.1, 0.15) is 11.1 Å². The van der Waals surface area contributed by atoms with Gasteiger partial charge in [0.2, 0.25) is 0 Å². The van der Waals surface area contributed by atoms with Gasteiger partial charge < -0.3 is 10.6 Å². The summed E-state index contributed by atoms with van der Waals surface area (Å²) in [5, 5.41) is 10.9. The second-order valence-corrected chi connectivity index (χ2v) is 8.24. The summed E-state index contributed by atoms with van der Waals surface area (Å²) in [7, 11) is 0. The third-order valence-corrected chi connectivity index (χ3v) is 5.29. The van der Waals surface area contributed by atoms with E-state index in [1.165, 1.54) is 5.56 Å². The zero-order valence-corrected chi connectivity index (χ0v) is 19.6. The number of carbonyl (C=O) groups excluding carboxylic acids is 1. The molecule has 2 amide bonds. The van der Waals surface area contributed by atoms with Gasteiger partial charge in [-0.1, -0.05) is 35.4 Å². The molecule has 0 spiro atoms. The number of carbonyl (C=O) groups is 1. The topological polar surface area (TPSA) is 84.2 Å². The van der Waals surface area contributed by atoms with Crippen LogP contribution in [0.2, 0.25) is 5.02 Å². The summed E-state index contributed by atoms with van der Waals surface area (Å²) in [5.41, 5.74) is 5.22. The van der Waals surface area contributed by atoms with Crippen molar-refractivity contribution in [3.05, 3.63) is 89.2 Å². The minimum absolute atomic E-state index is 0.153. The molecule has 3 aromatic carbocycles. The van der Waals surface area contributed by atoms with Crippen LogP contribution in [0.4, 0.5) is 16.2 Å². The summed E-state index contributed by atoms with van der Waals surface area (Å²) in [6, 6.07) is 20.1. The number of benzene rings is 3. The normalized spacial score (nSPS) is 11.3. The monoisotopic (exact) mass is 476 g/mol. The van der Waals surface area contributed by atoms with Gasteiger partial charge in [0, 0.05) is 22.0 Å². The number of urea groups is 1. The van der Waals surface area contributed by atoms with Gasteiger partial charge in [-0.05, 0) is 67.9 Å². The number of amides is 2. The highest BCUT2D eigenvalue weighted by Crippen LogP contribution is 2.21. The number of hydrogen-bond acceptors (Lipinski definition) is 3. The highest BCUT2D eigenvalue weighted by Gasteiger charge is 2.08. The van der Waals surface area contributed by atoms with Gasteiger partial charge in [-0.15, -0.1) is 17.7 Å². The maximum atomic E-state index is 12.3. The van der Waals surface area contributed by atoms with Crippen molar-refractivity contribution < 1.29 is 4.79 Å². The Morgan fingerprint density at radius 3 is 2.45 bits per heavy atom. The van der Waals surface area contributed by atoms with Gasteiger partial charge in [0.25, 0.3) is 0 Å². The molecule has 0 aliphatic rings. The van der Waals surface area contributed by atoms with Gasteiger partial charge in [0.15, 0.2) is 11.0 Å². The average molecular weight is 477 g/mol. The fourth-order valence-electron chi connectivity index (χ4n) is 3.04. The third-order valence-electron chi connectivity index (χ3n) is 4.84. The van der Waals surface area contributed by atoms with Crippen molar-refractivity contribution in [2.75, 3.05) is 10.6 Å². The number of hydrogen-bond donors (Lipinski definition) is 3. The van der Waals surface area contributed by atoms with E-state index in [2.05, 4.69) is 38.3 Å². The molecule has 1 aromatic heterocycles. The van der Waals surface area contributed by atoms with Crippen molar-refractivity contribution in [2.45, 2.75) is 13.8 Å². The van der Waals surface area contributed by atoms with Crippen LogP contribution in [0.3, 0.4) is 0 Å². The molecule has 0 aliphatic heterocycles. The summed E-state index contributed by atoms with van der Waals surface area (Å²) in [4.78, 5) is 20.6. The lowest BCUT2D eigenvalue weighted by Gasteiger charge is -2.09. The van der Waals surface area contributed by atoms with Gasteiger partial charge in [-0.25, -0.2) is 14.5 Å². The van der Waals surface area contributed by atoms with Crippen LogP contribution in [-0.2, 0) is 0 Å². The lowest BCUT2D eigenvalue weighted by molar-refractivity contribution is 0.259. The van der Waals surface area contributed by atoms with E-state index < -0.39 is 6.03 Å². The van der Waals surface area contributed by atoms with E-state index >= 15 is 0 Å². The number of rotatable bonds is 4. The van der Waals surface area contributed by atoms with Crippen LogP contribution >= 0.6 is 24.2 Å². The number of amidine groups is 1. The van der Waals surface area contributed by atoms with Crippen LogP contribution < -0.4 is 10.6 Å². The summed E-state index contributed by atoms with van der Waals surface area (Å²) < 4.78 is 1.72. The van der Waals surface area contributed by atoms with Crippen molar-refractivity contribution in [3.63, 3.8) is 0 Å². The Kier molecular flexibility index (Phi) is 6.76. The predicted octanol–water partition coefficient (Wildman–Crippen LogP) is 6.13. The molecule has 0 radical (unpaired) electrons. The van der Waals surface area contributed by atoms with Crippen molar-refractivity contribution in [2.24, 2.45) is 4.99 Å². The van der Waals surface area contributed by atoms with Crippen LogP contribution in [0.25, 0.3) is 17.1 Å². The van der Waals surface area contributed by atoms with Crippen LogP contribution in [0.15, 0.2) is 78.0 Å². The molecule has 0 saturated heterocycles. The van der Waals surface area contributed by atoms with E-state index in [9.17, 15) is 4.79 Å². The fourth-order valence-corrected chi connectivity index (χ4v) is 3.43. The molecule has 0 bridgehead atoms.